The highest BCUT2D eigenvalue weighted by Gasteiger charge is 2.11. The number of aryl methyl sites for hydroxylation is 1. The molecule has 1 aromatic carbocycles. The first kappa shape index (κ1) is 16.3. The number of aromatic amines is 1. The molecule has 7 heteroatoms. The molecule has 0 spiro atoms. The lowest BCUT2D eigenvalue weighted by molar-refractivity contribution is -0.136. The number of nitrogens with one attached hydrogen (secondary N) is 1. The van der Waals surface area contributed by atoms with Gasteiger partial charge in [-0.1, -0.05) is 35.3 Å². The van der Waals surface area contributed by atoms with Gasteiger partial charge >= 0.3 is 5.97 Å². The second kappa shape index (κ2) is 6.77. The molecular weight excluding hydrogens is 327 g/mol. The maximum atomic E-state index is 11.9. The number of aromatic nitrogens is 2. The van der Waals surface area contributed by atoms with Gasteiger partial charge in [-0.2, -0.15) is 0 Å². The lowest BCUT2D eigenvalue weighted by Crippen LogP contribution is -2.20. The van der Waals surface area contributed by atoms with Gasteiger partial charge in [-0.3, -0.25) is 9.59 Å². The maximum Gasteiger partial charge on any atom is 0.308 e. The summed E-state index contributed by atoms with van der Waals surface area (Å²) in [7, 11) is 0. The Bertz CT molecular complexity index is 813. The number of aliphatic carboxylic acids is 1. The average Bonchev–Trinajstić information content (AvgIpc) is 2.44. The Hall–Kier alpha value is -2.11. The molecule has 22 heavy (non-hydrogen) atoms. The van der Waals surface area contributed by atoms with Gasteiger partial charge in [-0.25, -0.2) is 4.98 Å². The Balaban J connectivity index is 2.35. The van der Waals surface area contributed by atoms with Crippen LogP contribution in [0, 0.1) is 6.92 Å². The van der Waals surface area contributed by atoms with Crippen molar-refractivity contribution >= 4 is 41.3 Å². The van der Waals surface area contributed by atoms with Gasteiger partial charge in [0.25, 0.3) is 5.56 Å². The minimum Gasteiger partial charge on any atom is -0.481 e. The molecule has 0 radical (unpaired) electrons. The predicted octanol–water partition coefficient (Wildman–Crippen LogP) is 3.18. The fourth-order valence-corrected chi connectivity index (χ4v) is 2.26. The summed E-state index contributed by atoms with van der Waals surface area (Å²) in [4.78, 5) is 29.3. The highest BCUT2D eigenvalue weighted by molar-refractivity contribution is 6.42. The molecule has 0 atom stereocenters. The average molecular weight is 339 g/mol. The minimum absolute atomic E-state index is 0.144. The topological polar surface area (TPSA) is 83.0 Å². The highest BCUT2D eigenvalue weighted by atomic mass is 35.5. The number of H-pyrrole nitrogens is 1. The number of carbonyl (C=O) groups is 1. The quantitative estimate of drug-likeness (QED) is 0.896. The number of carboxylic acids is 1. The lowest BCUT2D eigenvalue weighted by Gasteiger charge is -2.03. The Morgan fingerprint density at radius 1 is 1.36 bits per heavy atom. The molecule has 2 rings (SSSR count). The van der Waals surface area contributed by atoms with E-state index in [4.69, 9.17) is 28.3 Å². The second-order valence-corrected chi connectivity index (χ2v) is 5.35. The number of halogens is 2. The van der Waals surface area contributed by atoms with Gasteiger partial charge in [0.05, 0.1) is 16.5 Å². The summed E-state index contributed by atoms with van der Waals surface area (Å²) in [5.41, 5.74) is 0.740. The lowest BCUT2D eigenvalue weighted by atomic mass is 10.1. The molecular formula is C15H12Cl2N2O3. The Morgan fingerprint density at radius 2 is 2.09 bits per heavy atom. The van der Waals surface area contributed by atoms with E-state index in [0.717, 1.165) is 0 Å². The summed E-state index contributed by atoms with van der Waals surface area (Å²) in [5, 5.41) is 9.61. The molecule has 2 N–H and O–H groups in total. The number of hydrogen-bond donors (Lipinski definition) is 2. The van der Waals surface area contributed by atoms with Crippen LogP contribution >= 0.6 is 23.2 Å². The van der Waals surface area contributed by atoms with Gasteiger partial charge in [-0.05, 0) is 30.7 Å². The summed E-state index contributed by atoms with van der Waals surface area (Å²) in [6.07, 6.45) is 2.89. The smallest absolute Gasteiger partial charge is 0.308 e. The van der Waals surface area contributed by atoms with Crippen molar-refractivity contribution in [1.82, 2.24) is 9.97 Å². The van der Waals surface area contributed by atoms with Gasteiger partial charge in [0.2, 0.25) is 0 Å². The van der Waals surface area contributed by atoms with Gasteiger partial charge in [0.1, 0.15) is 5.82 Å². The van der Waals surface area contributed by atoms with Crippen LogP contribution in [0.25, 0.3) is 12.2 Å². The Morgan fingerprint density at radius 3 is 2.73 bits per heavy atom. The molecule has 0 fully saturated rings. The molecule has 0 saturated carbocycles. The molecule has 0 aliphatic rings. The van der Waals surface area contributed by atoms with Crippen LogP contribution < -0.4 is 5.56 Å². The highest BCUT2D eigenvalue weighted by Crippen LogP contribution is 2.26. The van der Waals surface area contributed by atoms with E-state index in [-0.39, 0.29) is 12.0 Å². The van der Waals surface area contributed by atoms with Crippen LogP contribution in [0.15, 0.2) is 23.0 Å². The number of rotatable bonds is 4. The first-order valence-corrected chi connectivity index (χ1v) is 7.07. The van der Waals surface area contributed by atoms with Crippen molar-refractivity contribution in [2.45, 2.75) is 13.3 Å². The van der Waals surface area contributed by atoms with Gasteiger partial charge in [0.15, 0.2) is 0 Å². The van der Waals surface area contributed by atoms with E-state index in [1.54, 1.807) is 37.3 Å². The molecule has 5 nitrogen and oxygen atoms in total. The fourth-order valence-electron chi connectivity index (χ4n) is 1.89. The van der Waals surface area contributed by atoms with E-state index >= 15 is 0 Å². The zero-order chi connectivity index (χ0) is 16.3. The summed E-state index contributed by atoms with van der Waals surface area (Å²) in [6, 6.07) is 5.20. The molecule has 0 bridgehead atoms. The van der Waals surface area contributed by atoms with Gasteiger partial charge < -0.3 is 10.1 Å². The van der Waals surface area contributed by atoms with E-state index in [0.29, 0.717) is 27.1 Å². The zero-order valence-electron chi connectivity index (χ0n) is 11.6. The third-order valence-electron chi connectivity index (χ3n) is 2.97. The van der Waals surface area contributed by atoms with Crippen LogP contribution in [0.4, 0.5) is 0 Å². The van der Waals surface area contributed by atoms with Crippen molar-refractivity contribution in [3.8, 4) is 0 Å². The summed E-state index contributed by atoms with van der Waals surface area (Å²) < 4.78 is 0. The maximum absolute atomic E-state index is 11.9. The van der Waals surface area contributed by atoms with E-state index in [2.05, 4.69) is 9.97 Å². The third-order valence-corrected chi connectivity index (χ3v) is 3.80. The normalized spacial score (nSPS) is 11.0. The molecule has 0 aliphatic heterocycles. The first-order chi connectivity index (χ1) is 10.4. The molecule has 0 amide bonds. The van der Waals surface area contributed by atoms with Crippen LogP contribution in [-0.2, 0) is 11.2 Å². The number of benzene rings is 1. The predicted molar refractivity (Wildman–Crippen MR) is 86.3 cm³/mol. The fraction of sp³-hybridized carbons (Fsp3) is 0.133. The zero-order valence-corrected chi connectivity index (χ0v) is 13.1. The molecule has 1 aromatic heterocycles. The third kappa shape index (κ3) is 3.75. The minimum atomic E-state index is -1.08. The van der Waals surface area contributed by atoms with Crippen LogP contribution in [0.2, 0.25) is 10.0 Å². The van der Waals surface area contributed by atoms with E-state index in [1.807, 2.05) is 0 Å². The van der Waals surface area contributed by atoms with Gasteiger partial charge in [0, 0.05) is 11.3 Å². The molecule has 0 aliphatic carbocycles. The van der Waals surface area contributed by atoms with Crippen molar-refractivity contribution in [1.29, 1.82) is 0 Å². The first-order valence-electron chi connectivity index (χ1n) is 6.32. The summed E-state index contributed by atoms with van der Waals surface area (Å²) >= 11 is 12.0. The molecule has 114 valence electrons. The van der Waals surface area contributed by atoms with Crippen molar-refractivity contribution in [2.24, 2.45) is 0 Å². The van der Waals surface area contributed by atoms with Crippen LogP contribution in [-0.4, -0.2) is 21.0 Å². The SMILES string of the molecule is Cc1nc(/C=C/c2cccc(Cl)c2Cl)[nH]c(=O)c1CC(=O)O. The molecule has 0 saturated heterocycles. The van der Waals surface area contributed by atoms with E-state index < -0.39 is 11.5 Å². The van der Waals surface area contributed by atoms with Crippen molar-refractivity contribution in [3.63, 3.8) is 0 Å². The molecule has 2 aromatic rings. The van der Waals surface area contributed by atoms with Crippen molar-refractivity contribution < 1.29 is 9.90 Å². The van der Waals surface area contributed by atoms with Crippen molar-refractivity contribution in [2.75, 3.05) is 0 Å². The number of carboxylic acid groups (broad SMARTS) is 1. The van der Waals surface area contributed by atoms with Crippen LogP contribution in [0.3, 0.4) is 0 Å². The van der Waals surface area contributed by atoms with E-state index in [1.165, 1.54) is 0 Å². The second-order valence-electron chi connectivity index (χ2n) is 4.56. The Kier molecular flexibility index (Phi) is 5.00. The van der Waals surface area contributed by atoms with Crippen LogP contribution in [0.5, 0.6) is 0 Å². The molecule has 1 heterocycles. The summed E-state index contributed by atoms with van der Waals surface area (Å²) in [5.74, 6) is -0.767. The number of nitrogens with zero attached hydrogens (tertiary/aromatic N) is 1. The van der Waals surface area contributed by atoms with E-state index in [9.17, 15) is 9.59 Å². The number of hydrogen-bond acceptors (Lipinski definition) is 3. The van der Waals surface area contributed by atoms with Crippen LogP contribution in [0.1, 0.15) is 22.6 Å². The summed E-state index contributed by atoms with van der Waals surface area (Å²) in [6.45, 7) is 1.59. The van der Waals surface area contributed by atoms with Gasteiger partial charge in [-0.15, -0.1) is 0 Å². The van der Waals surface area contributed by atoms with Crippen molar-refractivity contribution in [3.05, 3.63) is 61.2 Å². The molecule has 0 unspecified atom stereocenters. The monoisotopic (exact) mass is 338 g/mol. The standard InChI is InChI=1S/C15H12Cl2N2O3/c1-8-10(7-13(20)21)15(22)19-12(18-8)6-5-9-3-2-4-11(16)14(9)17/h2-6H,7H2,1H3,(H,20,21)(H,18,19,22)/b6-5+. The largest absolute Gasteiger partial charge is 0.481 e. The Labute approximate surface area is 136 Å².